The minimum atomic E-state index is -3.57. The average Bonchev–Trinajstić information content (AvgIpc) is 2.84. The number of hydrogen-bond acceptors (Lipinski definition) is 5. The number of carbonyl (C=O) groups is 1. The molecule has 1 heterocycles. The molecule has 0 bridgehead atoms. The maximum Gasteiger partial charge on any atom is 0.273 e. The SMILES string of the molecule is CNS(=O)(=O)c1ccc(CNC(C)C(=O)NC(C)C)o1. The molecular weight excluding hydrogens is 282 g/mol. The summed E-state index contributed by atoms with van der Waals surface area (Å²) in [6, 6.07) is 2.61. The zero-order valence-corrected chi connectivity index (χ0v) is 12.9. The van der Waals surface area contributed by atoms with Crippen molar-refractivity contribution in [1.82, 2.24) is 15.4 Å². The van der Waals surface area contributed by atoms with E-state index in [1.54, 1.807) is 13.0 Å². The van der Waals surface area contributed by atoms with Gasteiger partial charge in [-0.3, -0.25) is 10.1 Å². The van der Waals surface area contributed by atoms with E-state index in [0.717, 1.165) is 0 Å². The Kier molecular flexibility index (Phi) is 5.73. The van der Waals surface area contributed by atoms with Crippen LogP contribution >= 0.6 is 0 Å². The zero-order chi connectivity index (χ0) is 15.3. The first-order valence-corrected chi connectivity index (χ1v) is 7.80. The minimum Gasteiger partial charge on any atom is -0.447 e. The molecule has 0 aliphatic rings. The molecule has 1 rings (SSSR count). The number of nitrogens with one attached hydrogen (secondary N) is 3. The van der Waals surface area contributed by atoms with Crippen molar-refractivity contribution in [2.75, 3.05) is 7.05 Å². The van der Waals surface area contributed by atoms with E-state index in [4.69, 9.17) is 4.42 Å². The molecule has 1 unspecified atom stereocenters. The number of carbonyl (C=O) groups excluding carboxylic acids is 1. The lowest BCUT2D eigenvalue weighted by atomic mass is 10.2. The smallest absolute Gasteiger partial charge is 0.273 e. The summed E-state index contributed by atoms with van der Waals surface area (Å²) in [4.78, 5) is 11.7. The summed E-state index contributed by atoms with van der Waals surface area (Å²) in [7, 11) is -2.26. The van der Waals surface area contributed by atoms with Gasteiger partial charge >= 0.3 is 0 Å². The van der Waals surface area contributed by atoms with Gasteiger partial charge in [0, 0.05) is 6.04 Å². The van der Waals surface area contributed by atoms with E-state index in [0.29, 0.717) is 5.76 Å². The molecule has 7 nitrogen and oxygen atoms in total. The van der Waals surface area contributed by atoms with Crippen LogP contribution < -0.4 is 15.4 Å². The van der Waals surface area contributed by atoms with E-state index in [1.807, 2.05) is 13.8 Å². The van der Waals surface area contributed by atoms with Gasteiger partial charge in [0.15, 0.2) is 0 Å². The molecule has 0 spiro atoms. The third-order valence-electron chi connectivity index (χ3n) is 2.58. The Morgan fingerprint density at radius 3 is 2.50 bits per heavy atom. The molecule has 1 aromatic rings. The number of rotatable bonds is 7. The molecule has 0 fully saturated rings. The third-order valence-corrected chi connectivity index (χ3v) is 3.86. The zero-order valence-electron chi connectivity index (χ0n) is 12.1. The molecule has 8 heteroatoms. The van der Waals surface area contributed by atoms with Gasteiger partial charge < -0.3 is 9.73 Å². The Hall–Kier alpha value is -1.38. The fourth-order valence-electron chi connectivity index (χ4n) is 1.45. The van der Waals surface area contributed by atoms with Crippen LogP contribution in [0.3, 0.4) is 0 Å². The summed E-state index contributed by atoms with van der Waals surface area (Å²) in [6.07, 6.45) is 0. The molecule has 1 aromatic heterocycles. The van der Waals surface area contributed by atoms with Crippen molar-refractivity contribution >= 4 is 15.9 Å². The Labute approximate surface area is 119 Å². The lowest BCUT2D eigenvalue weighted by molar-refractivity contribution is -0.123. The third kappa shape index (κ3) is 4.62. The van der Waals surface area contributed by atoms with Gasteiger partial charge in [-0.1, -0.05) is 0 Å². The molecule has 0 aliphatic carbocycles. The summed E-state index contributed by atoms with van der Waals surface area (Å²) in [6.45, 7) is 5.76. The van der Waals surface area contributed by atoms with Crippen LogP contribution in [0.4, 0.5) is 0 Å². The summed E-state index contributed by atoms with van der Waals surface area (Å²) in [5.74, 6) is 0.331. The van der Waals surface area contributed by atoms with Crippen molar-refractivity contribution < 1.29 is 17.6 Å². The predicted molar refractivity (Wildman–Crippen MR) is 74.5 cm³/mol. The fourth-order valence-corrected chi connectivity index (χ4v) is 2.12. The van der Waals surface area contributed by atoms with Gasteiger partial charge in [-0.2, -0.15) is 0 Å². The molecule has 0 saturated carbocycles. The largest absolute Gasteiger partial charge is 0.447 e. The second kappa shape index (κ2) is 6.87. The standard InChI is InChI=1S/C12H21N3O4S/c1-8(2)15-12(16)9(3)14-7-10-5-6-11(19-10)20(17,18)13-4/h5-6,8-9,13-14H,7H2,1-4H3,(H,15,16). The van der Waals surface area contributed by atoms with Crippen molar-refractivity contribution in [2.24, 2.45) is 0 Å². The van der Waals surface area contributed by atoms with Crippen LogP contribution in [-0.2, 0) is 21.4 Å². The van der Waals surface area contributed by atoms with E-state index in [2.05, 4.69) is 15.4 Å². The van der Waals surface area contributed by atoms with E-state index >= 15 is 0 Å². The minimum absolute atomic E-state index is 0.0720. The lowest BCUT2D eigenvalue weighted by Gasteiger charge is -2.15. The predicted octanol–water partition coefficient (Wildman–Crippen LogP) is 0.190. The van der Waals surface area contributed by atoms with Gasteiger partial charge in [0.2, 0.25) is 11.0 Å². The van der Waals surface area contributed by atoms with Gasteiger partial charge in [0.25, 0.3) is 10.0 Å². The van der Waals surface area contributed by atoms with Crippen LogP contribution in [0.1, 0.15) is 26.5 Å². The highest BCUT2D eigenvalue weighted by Gasteiger charge is 2.17. The molecular formula is C12H21N3O4S. The molecule has 0 saturated heterocycles. The quantitative estimate of drug-likeness (QED) is 0.667. The number of hydrogen-bond donors (Lipinski definition) is 3. The molecule has 0 radical (unpaired) electrons. The van der Waals surface area contributed by atoms with Gasteiger partial charge in [-0.25, -0.2) is 13.1 Å². The first kappa shape index (κ1) is 16.7. The molecule has 1 atom stereocenters. The highest BCUT2D eigenvalue weighted by atomic mass is 32.2. The maximum absolute atomic E-state index is 11.7. The highest BCUT2D eigenvalue weighted by Crippen LogP contribution is 2.13. The first-order chi connectivity index (χ1) is 9.26. The van der Waals surface area contributed by atoms with Crippen LogP contribution in [0.2, 0.25) is 0 Å². The summed E-state index contributed by atoms with van der Waals surface area (Å²) < 4.78 is 30.4. The van der Waals surface area contributed by atoms with Crippen molar-refractivity contribution in [3.05, 3.63) is 17.9 Å². The van der Waals surface area contributed by atoms with Gasteiger partial charge in [-0.15, -0.1) is 0 Å². The Balaban J connectivity index is 2.57. The normalized spacial score (nSPS) is 13.4. The molecule has 3 N–H and O–H groups in total. The van der Waals surface area contributed by atoms with E-state index in [9.17, 15) is 13.2 Å². The summed E-state index contributed by atoms with van der Waals surface area (Å²) >= 11 is 0. The van der Waals surface area contributed by atoms with Crippen molar-refractivity contribution in [3.63, 3.8) is 0 Å². The van der Waals surface area contributed by atoms with E-state index in [-0.39, 0.29) is 23.6 Å². The fraction of sp³-hybridized carbons (Fsp3) is 0.583. The summed E-state index contributed by atoms with van der Waals surface area (Å²) in [5, 5.41) is 5.60. The van der Waals surface area contributed by atoms with E-state index < -0.39 is 16.1 Å². The average molecular weight is 303 g/mol. The van der Waals surface area contributed by atoms with Gasteiger partial charge in [-0.05, 0) is 40.0 Å². The second-order valence-corrected chi connectivity index (χ2v) is 6.51. The lowest BCUT2D eigenvalue weighted by Crippen LogP contribution is -2.44. The van der Waals surface area contributed by atoms with Crippen molar-refractivity contribution in [2.45, 2.75) is 44.5 Å². The molecule has 20 heavy (non-hydrogen) atoms. The molecule has 0 aliphatic heterocycles. The Bertz CT molecular complexity index is 551. The highest BCUT2D eigenvalue weighted by molar-refractivity contribution is 7.89. The number of sulfonamides is 1. The van der Waals surface area contributed by atoms with Crippen LogP contribution in [0.25, 0.3) is 0 Å². The van der Waals surface area contributed by atoms with Crippen LogP contribution in [0, 0.1) is 0 Å². The topological polar surface area (TPSA) is 100 Å². The van der Waals surface area contributed by atoms with Crippen LogP contribution in [-0.4, -0.2) is 33.5 Å². The van der Waals surface area contributed by atoms with Crippen molar-refractivity contribution in [1.29, 1.82) is 0 Å². The molecule has 0 aromatic carbocycles. The van der Waals surface area contributed by atoms with Crippen LogP contribution in [0.5, 0.6) is 0 Å². The second-order valence-electron chi connectivity index (χ2n) is 4.69. The Morgan fingerprint density at radius 2 is 1.95 bits per heavy atom. The van der Waals surface area contributed by atoms with Gasteiger partial charge in [0.1, 0.15) is 5.76 Å². The molecule has 114 valence electrons. The number of furan rings is 1. The number of amides is 1. The first-order valence-electron chi connectivity index (χ1n) is 6.32. The summed E-state index contributed by atoms with van der Waals surface area (Å²) in [5.41, 5.74) is 0. The monoisotopic (exact) mass is 303 g/mol. The molecule has 1 amide bonds. The van der Waals surface area contributed by atoms with Crippen molar-refractivity contribution in [3.8, 4) is 0 Å². The van der Waals surface area contributed by atoms with Gasteiger partial charge in [0.05, 0.1) is 12.6 Å². The Morgan fingerprint density at radius 1 is 1.30 bits per heavy atom. The van der Waals surface area contributed by atoms with E-state index in [1.165, 1.54) is 13.1 Å². The van der Waals surface area contributed by atoms with Crippen LogP contribution in [0.15, 0.2) is 21.6 Å². The maximum atomic E-state index is 11.7.